The van der Waals surface area contributed by atoms with Gasteiger partial charge in [-0.3, -0.25) is 0 Å². The maximum atomic E-state index is 7.50. The van der Waals surface area contributed by atoms with Crippen molar-refractivity contribution in [2.45, 2.75) is 0 Å². The molecule has 0 radical (unpaired) electrons. The van der Waals surface area contributed by atoms with Crippen molar-refractivity contribution in [2.75, 3.05) is 0 Å². The molecule has 0 aliphatic carbocycles. The van der Waals surface area contributed by atoms with Gasteiger partial charge in [0, 0.05) is 17.4 Å². The first-order chi connectivity index (χ1) is 3.00. The van der Waals surface area contributed by atoms with Gasteiger partial charge in [0.05, 0.1) is 0 Å². The van der Waals surface area contributed by atoms with Crippen molar-refractivity contribution in [3.05, 3.63) is 20.0 Å². The normalized spacial score (nSPS) is 0.600. The molecule has 0 aromatic rings. The van der Waals surface area contributed by atoms with Crippen LogP contribution in [-0.4, -0.2) is 0 Å². The van der Waals surface area contributed by atoms with Gasteiger partial charge < -0.3 is 18.5 Å². The quantitative estimate of drug-likeness (QED) is 0.368. The molecule has 0 heterocycles. The fourth-order valence-corrected chi connectivity index (χ4v) is 0. The standard InChI is InChI=1S/3CO.Cr.3H3N/c3*1-2;;;;/h;;;;3*1H3. The van der Waals surface area contributed by atoms with Crippen LogP contribution in [0.25, 0.3) is 0 Å². The second kappa shape index (κ2) is 3720. The van der Waals surface area contributed by atoms with Crippen molar-refractivity contribution in [3.63, 3.8) is 0 Å². The first-order valence-electron chi connectivity index (χ1n) is 0.612. The van der Waals surface area contributed by atoms with Crippen molar-refractivity contribution in [3.8, 4) is 0 Å². The molecule has 0 bridgehead atoms. The van der Waals surface area contributed by atoms with Crippen LogP contribution in [0.1, 0.15) is 0 Å². The van der Waals surface area contributed by atoms with Gasteiger partial charge in [0.2, 0.25) is 0 Å². The van der Waals surface area contributed by atoms with Crippen LogP contribution in [0.3, 0.4) is 0 Å². The Bertz CT molecular complexity index is 47.5. The Morgan fingerprint density at radius 1 is 0.500 bits per heavy atom. The zero-order valence-corrected chi connectivity index (χ0v) is 6.53. The maximum Gasteiger partial charge on any atom is 0 e. The Morgan fingerprint density at radius 3 is 0.500 bits per heavy atom. The summed E-state index contributed by atoms with van der Waals surface area (Å²) in [5.74, 6) is 0. The van der Waals surface area contributed by atoms with Gasteiger partial charge in [-0.25, -0.2) is 0 Å². The average molecular weight is 187 g/mol. The second-order valence-electron chi connectivity index (χ2n) is 0. The van der Waals surface area contributed by atoms with Crippen LogP contribution in [0, 0.1) is 20.0 Å². The van der Waals surface area contributed by atoms with Crippen molar-refractivity contribution in [1.82, 2.24) is 18.5 Å². The molecule has 10 heavy (non-hydrogen) atoms. The summed E-state index contributed by atoms with van der Waals surface area (Å²) in [5, 5.41) is 0. The van der Waals surface area contributed by atoms with Gasteiger partial charge in [0.1, 0.15) is 0 Å². The predicted molar refractivity (Wildman–Crippen MR) is 26.9 cm³/mol. The number of hydrogen-bond acceptors (Lipinski definition) is 3. The Hall–Kier alpha value is -0.368. The minimum Gasteiger partial charge on any atom is 0 e. The molecule has 0 aliphatic rings. The second-order valence-corrected chi connectivity index (χ2v) is 0. The zero-order chi connectivity index (χ0) is 6.00. The van der Waals surface area contributed by atoms with Gasteiger partial charge in [-0.05, 0) is 0 Å². The van der Waals surface area contributed by atoms with E-state index >= 15 is 0 Å². The van der Waals surface area contributed by atoms with Crippen LogP contribution in [0.15, 0.2) is 0 Å². The van der Waals surface area contributed by atoms with E-state index in [2.05, 4.69) is 20.0 Å². The van der Waals surface area contributed by atoms with Gasteiger partial charge in [-0.1, -0.05) is 0 Å². The molecular weight excluding hydrogens is 178 g/mol. The fourth-order valence-electron chi connectivity index (χ4n) is 0. The third-order valence-corrected chi connectivity index (χ3v) is 0. The van der Waals surface area contributed by atoms with Gasteiger partial charge in [0.15, 0.2) is 0 Å². The molecule has 0 aromatic carbocycles. The first-order valence-corrected chi connectivity index (χ1v) is 0.612. The molecule has 0 aliphatic heterocycles. The van der Waals surface area contributed by atoms with E-state index in [9.17, 15) is 0 Å². The third kappa shape index (κ3) is 2490. The molecule has 0 aromatic heterocycles. The van der Waals surface area contributed by atoms with E-state index in [1.54, 1.807) is 0 Å². The van der Waals surface area contributed by atoms with Crippen LogP contribution >= 0.6 is 0 Å². The molecule has 60 valence electrons. The molecule has 0 spiro atoms. The number of hydrogen-bond donors (Lipinski definition) is 3. The van der Waals surface area contributed by atoms with E-state index in [0.717, 1.165) is 0 Å². The van der Waals surface area contributed by atoms with E-state index in [1.165, 1.54) is 0 Å². The largest absolute Gasteiger partial charge is 0 e. The molecule has 9 N–H and O–H groups in total. The van der Waals surface area contributed by atoms with E-state index in [1.807, 2.05) is 0 Å². The van der Waals surface area contributed by atoms with Crippen molar-refractivity contribution < 1.29 is 31.3 Å². The van der Waals surface area contributed by atoms with Crippen LogP contribution < -0.4 is 18.5 Å². The van der Waals surface area contributed by atoms with Crippen LogP contribution in [0.4, 0.5) is 0 Å². The summed E-state index contributed by atoms with van der Waals surface area (Å²) in [6.07, 6.45) is 0. The zero-order valence-electron chi connectivity index (χ0n) is 5.25. The summed E-state index contributed by atoms with van der Waals surface area (Å²) >= 11 is 0. The van der Waals surface area contributed by atoms with Crippen molar-refractivity contribution >= 4 is 0 Å². The molecular formula is C3H9CrN3O3. The Kier molecular flexibility index (Phi) is 38600. The van der Waals surface area contributed by atoms with E-state index in [-0.39, 0.29) is 35.8 Å². The molecule has 0 saturated heterocycles. The topological polar surface area (TPSA) is 165 Å². The summed E-state index contributed by atoms with van der Waals surface area (Å²) in [6, 6.07) is 0. The minimum absolute atomic E-state index is 0. The van der Waals surface area contributed by atoms with Crippen LogP contribution in [-0.2, 0) is 31.3 Å². The van der Waals surface area contributed by atoms with Gasteiger partial charge in [-0.2, -0.15) is 0 Å². The van der Waals surface area contributed by atoms with Crippen molar-refractivity contribution in [2.24, 2.45) is 0 Å². The molecule has 0 fully saturated rings. The molecule has 7 heteroatoms. The predicted octanol–water partition coefficient (Wildman–Crippen LogP) is 0.371. The Labute approximate surface area is 70.4 Å². The van der Waals surface area contributed by atoms with E-state index in [4.69, 9.17) is 14.0 Å². The SMILES string of the molecule is N.N.N.[C-]#[O+].[C-]#[O+].[C-]#[O+].[Cr]. The summed E-state index contributed by atoms with van der Waals surface area (Å²) < 4.78 is 22.5. The smallest absolute Gasteiger partial charge is 0 e. The van der Waals surface area contributed by atoms with Crippen LogP contribution in [0.2, 0.25) is 0 Å². The molecule has 0 unspecified atom stereocenters. The maximum absolute atomic E-state index is 7.50. The summed E-state index contributed by atoms with van der Waals surface area (Å²) in [7, 11) is 0. The molecule has 0 amide bonds. The summed E-state index contributed by atoms with van der Waals surface area (Å²) in [5.41, 5.74) is 0. The number of rotatable bonds is 0. The molecule has 0 atom stereocenters. The van der Waals surface area contributed by atoms with E-state index in [0.29, 0.717) is 0 Å². The van der Waals surface area contributed by atoms with Crippen molar-refractivity contribution in [1.29, 1.82) is 0 Å². The van der Waals surface area contributed by atoms with E-state index < -0.39 is 0 Å². The Balaban J connectivity index is -0.00000000225. The molecule has 0 saturated carbocycles. The minimum atomic E-state index is 0. The monoisotopic (exact) mass is 187 g/mol. The Morgan fingerprint density at radius 2 is 0.500 bits per heavy atom. The summed E-state index contributed by atoms with van der Waals surface area (Å²) in [4.78, 5) is 0. The fraction of sp³-hybridized carbons (Fsp3) is 0. The molecule has 6 nitrogen and oxygen atoms in total. The van der Waals surface area contributed by atoms with Gasteiger partial charge >= 0.3 is 33.9 Å². The van der Waals surface area contributed by atoms with Crippen LogP contribution in [0.5, 0.6) is 0 Å². The first kappa shape index (κ1) is 104. The summed E-state index contributed by atoms with van der Waals surface area (Å²) in [6.45, 7) is 13.5. The third-order valence-electron chi connectivity index (χ3n) is 0. The van der Waals surface area contributed by atoms with Gasteiger partial charge in [0.25, 0.3) is 0 Å². The van der Waals surface area contributed by atoms with Gasteiger partial charge in [-0.15, -0.1) is 0 Å². The average Bonchev–Trinajstić information content (AvgIpc) is 1.81. The molecule has 0 rings (SSSR count).